The predicted molar refractivity (Wildman–Crippen MR) is 131 cm³/mol. The third-order valence-electron chi connectivity index (χ3n) is 7.16. The SMILES string of the molecule is Cc1cc(N2C[C@H]3CN(C)C[C@H]3C2)nn2c(-c3ccnc(CN)c3)c(-c3ccc(F)cc3)nc12. The Kier molecular flexibility index (Phi) is 5.08. The Morgan fingerprint density at radius 3 is 2.44 bits per heavy atom. The maximum atomic E-state index is 13.7. The molecule has 2 aliphatic heterocycles. The van der Waals surface area contributed by atoms with Gasteiger partial charge in [0.2, 0.25) is 0 Å². The van der Waals surface area contributed by atoms with Crippen molar-refractivity contribution < 1.29 is 4.39 Å². The summed E-state index contributed by atoms with van der Waals surface area (Å²) in [4.78, 5) is 14.2. The molecule has 0 spiro atoms. The number of nitrogens with two attached hydrogens (primary N) is 1. The van der Waals surface area contributed by atoms with Gasteiger partial charge in [-0.05, 0) is 73.8 Å². The molecule has 0 amide bonds. The van der Waals surface area contributed by atoms with Crippen LogP contribution < -0.4 is 10.6 Å². The Bertz CT molecular complexity index is 1350. The molecule has 0 saturated carbocycles. The molecule has 8 heteroatoms. The molecule has 5 heterocycles. The second-order valence-corrected chi connectivity index (χ2v) is 9.62. The lowest BCUT2D eigenvalue weighted by Gasteiger charge is -2.21. The van der Waals surface area contributed by atoms with Crippen LogP contribution >= 0.6 is 0 Å². The van der Waals surface area contributed by atoms with E-state index in [4.69, 9.17) is 15.8 Å². The molecule has 174 valence electrons. The van der Waals surface area contributed by atoms with Crippen LogP contribution in [0.2, 0.25) is 0 Å². The van der Waals surface area contributed by atoms with Crippen molar-refractivity contribution in [1.29, 1.82) is 0 Å². The van der Waals surface area contributed by atoms with Crippen LogP contribution in [0.4, 0.5) is 10.2 Å². The van der Waals surface area contributed by atoms with Gasteiger partial charge >= 0.3 is 0 Å². The van der Waals surface area contributed by atoms with Gasteiger partial charge in [-0.25, -0.2) is 13.9 Å². The van der Waals surface area contributed by atoms with Crippen molar-refractivity contribution in [2.75, 3.05) is 38.1 Å². The van der Waals surface area contributed by atoms with E-state index in [1.807, 2.05) is 16.6 Å². The van der Waals surface area contributed by atoms with E-state index in [9.17, 15) is 4.39 Å². The molecule has 2 aliphatic rings. The van der Waals surface area contributed by atoms with E-state index in [0.29, 0.717) is 18.4 Å². The number of nitrogens with zero attached hydrogens (tertiary/aromatic N) is 6. The highest BCUT2D eigenvalue weighted by molar-refractivity contribution is 5.82. The lowest BCUT2D eigenvalue weighted by Crippen LogP contribution is -2.27. The zero-order chi connectivity index (χ0) is 23.4. The Balaban J connectivity index is 1.52. The van der Waals surface area contributed by atoms with Crippen LogP contribution in [0.3, 0.4) is 0 Å². The van der Waals surface area contributed by atoms with E-state index in [1.165, 1.54) is 12.1 Å². The summed E-state index contributed by atoms with van der Waals surface area (Å²) in [6, 6.07) is 12.5. The standard InChI is InChI=1S/C26H28FN7/c1-16-9-23(33-14-19-12-32(2)13-20(19)15-33)31-34-25(18-7-8-29-22(10-18)11-28)24(30-26(16)34)17-3-5-21(27)6-4-17/h3-10,19-20H,11-15,28H2,1-2H3/t19-,20+. The van der Waals surface area contributed by atoms with Gasteiger partial charge in [-0.2, -0.15) is 0 Å². The number of fused-ring (bicyclic) bond motifs is 2. The second-order valence-electron chi connectivity index (χ2n) is 9.62. The molecule has 1 aromatic carbocycles. The van der Waals surface area contributed by atoms with E-state index in [1.54, 1.807) is 18.3 Å². The maximum absolute atomic E-state index is 13.7. The molecule has 2 atom stereocenters. The smallest absolute Gasteiger partial charge is 0.158 e. The van der Waals surface area contributed by atoms with E-state index >= 15 is 0 Å². The first kappa shape index (κ1) is 21.2. The van der Waals surface area contributed by atoms with Crippen molar-refractivity contribution in [1.82, 2.24) is 24.5 Å². The van der Waals surface area contributed by atoms with Crippen LogP contribution in [0.15, 0.2) is 48.7 Å². The molecule has 2 N–H and O–H groups in total. The summed E-state index contributed by atoms with van der Waals surface area (Å²) in [7, 11) is 2.20. The van der Waals surface area contributed by atoms with Gasteiger partial charge in [0.25, 0.3) is 0 Å². The molecule has 4 aromatic rings. The Hall–Kier alpha value is -3.36. The summed E-state index contributed by atoms with van der Waals surface area (Å²) >= 11 is 0. The summed E-state index contributed by atoms with van der Waals surface area (Å²) in [5.41, 5.74) is 11.9. The van der Waals surface area contributed by atoms with Crippen molar-refractivity contribution in [3.05, 3.63) is 65.7 Å². The Morgan fingerprint density at radius 2 is 1.74 bits per heavy atom. The third kappa shape index (κ3) is 3.54. The fourth-order valence-electron chi connectivity index (χ4n) is 5.53. The zero-order valence-electron chi connectivity index (χ0n) is 19.4. The van der Waals surface area contributed by atoms with Gasteiger partial charge in [0.05, 0.1) is 11.4 Å². The number of benzene rings is 1. The molecule has 2 fully saturated rings. The molecule has 0 unspecified atom stereocenters. The van der Waals surface area contributed by atoms with E-state index < -0.39 is 0 Å². The number of aromatic nitrogens is 4. The number of hydrogen-bond acceptors (Lipinski definition) is 6. The van der Waals surface area contributed by atoms with Crippen molar-refractivity contribution >= 4 is 11.5 Å². The van der Waals surface area contributed by atoms with Crippen LogP contribution in [-0.4, -0.2) is 57.7 Å². The number of aryl methyl sites for hydroxylation is 1. The molecule has 2 saturated heterocycles. The first-order chi connectivity index (χ1) is 16.5. The van der Waals surface area contributed by atoms with Gasteiger partial charge in [0, 0.05) is 50.0 Å². The number of anilines is 1. The van der Waals surface area contributed by atoms with Gasteiger partial charge in [0.1, 0.15) is 17.3 Å². The first-order valence-electron chi connectivity index (χ1n) is 11.8. The minimum Gasteiger partial charge on any atom is -0.354 e. The average molecular weight is 458 g/mol. The molecule has 6 rings (SSSR count). The minimum absolute atomic E-state index is 0.273. The number of pyridine rings is 1. The van der Waals surface area contributed by atoms with Crippen molar-refractivity contribution in [3.63, 3.8) is 0 Å². The van der Waals surface area contributed by atoms with Crippen molar-refractivity contribution in [2.45, 2.75) is 13.5 Å². The summed E-state index contributed by atoms with van der Waals surface area (Å²) in [5, 5.41) is 5.10. The predicted octanol–water partition coefficient (Wildman–Crippen LogP) is 3.36. The Morgan fingerprint density at radius 1 is 1.00 bits per heavy atom. The highest BCUT2D eigenvalue weighted by Gasteiger charge is 2.39. The fourth-order valence-corrected chi connectivity index (χ4v) is 5.53. The molecule has 0 aliphatic carbocycles. The van der Waals surface area contributed by atoms with E-state index in [0.717, 1.165) is 71.4 Å². The lowest BCUT2D eigenvalue weighted by molar-refractivity contribution is 0.386. The molecular formula is C26H28FN7. The van der Waals surface area contributed by atoms with E-state index in [2.05, 4.69) is 34.8 Å². The number of imidazole rings is 1. The molecule has 34 heavy (non-hydrogen) atoms. The molecule has 3 aromatic heterocycles. The van der Waals surface area contributed by atoms with Crippen LogP contribution in [0.5, 0.6) is 0 Å². The molecule has 0 bridgehead atoms. The van der Waals surface area contributed by atoms with Gasteiger partial charge in [0.15, 0.2) is 5.65 Å². The van der Waals surface area contributed by atoms with Crippen molar-refractivity contribution in [2.24, 2.45) is 17.6 Å². The van der Waals surface area contributed by atoms with Gasteiger partial charge in [-0.1, -0.05) is 0 Å². The summed E-state index contributed by atoms with van der Waals surface area (Å²) < 4.78 is 15.6. The van der Waals surface area contributed by atoms with E-state index in [-0.39, 0.29) is 5.82 Å². The normalized spacial score (nSPS) is 20.4. The summed E-state index contributed by atoms with van der Waals surface area (Å²) in [6.07, 6.45) is 1.76. The number of halogens is 1. The van der Waals surface area contributed by atoms with Crippen LogP contribution in [0.25, 0.3) is 28.2 Å². The fraction of sp³-hybridized carbons (Fsp3) is 0.346. The first-order valence-corrected chi connectivity index (χ1v) is 11.8. The average Bonchev–Trinajstić information content (AvgIpc) is 3.50. The Labute approximate surface area is 198 Å². The van der Waals surface area contributed by atoms with Gasteiger partial charge in [-0.15, -0.1) is 5.10 Å². The summed E-state index contributed by atoms with van der Waals surface area (Å²) in [5.74, 6) is 2.07. The topological polar surface area (TPSA) is 75.6 Å². The number of rotatable bonds is 4. The minimum atomic E-state index is -0.273. The maximum Gasteiger partial charge on any atom is 0.158 e. The molecule has 0 radical (unpaired) electrons. The largest absolute Gasteiger partial charge is 0.354 e. The van der Waals surface area contributed by atoms with Crippen LogP contribution in [0.1, 0.15) is 11.3 Å². The van der Waals surface area contributed by atoms with Crippen LogP contribution in [0, 0.1) is 24.6 Å². The van der Waals surface area contributed by atoms with Crippen LogP contribution in [-0.2, 0) is 6.54 Å². The zero-order valence-corrected chi connectivity index (χ0v) is 19.4. The van der Waals surface area contributed by atoms with Crippen molar-refractivity contribution in [3.8, 4) is 22.5 Å². The second kappa shape index (κ2) is 8.14. The molecular weight excluding hydrogens is 429 g/mol. The highest BCUT2D eigenvalue weighted by atomic mass is 19.1. The highest BCUT2D eigenvalue weighted by Crippen LogP contribution is 2.36. The van der Waals surface area contributed by atoms with Gasteiger partial charge in [-0.3, -0.25) is 4.98 Å². The molecule has 7 nitrogen and oxygen atoms in total. The number of hydrogen-bond donors (Lipinski definition) is 1. The number of likely N-dealkylation sites (tertiary alicyclic amines) is 1. The summed E-state index contributed by atoms with van der Waals surface area (Å²) in [6.45, 7) is 6.76. The lowest BCUT2D eigenvalue weighted by atomic mass is 10.0. The quantitative estimate of drug-likeness (QED) is 0.507. The third-order valence-corrected chi connectivity index (χ3v) is 7.16. The monoisotopic (exact) mass is 457 g/mol. The van der Waals surface area contributed by atoms with Gasteiger partial charge < -0.3 is 15.5 Å².